The van der Waals surface area contributed by atoms with E-state index >= 15 is 0 Å². The number of ether oxygens (including phenoxy) is 2. The van der Waals surface area contributed by atoms with Crippen molar-refractivity contribution in [2.45, 2.75) is 6.18 Å². The van der Waals surface area contributed by atoms with Gasteiger partial charge in [-0.3, -0.25) is 4.79 Å². The van der Waals surface area contributed by atoms with E-state index in [1.807, 2.05) is 4.90 Å². The maximum Gasteiger partial charge on any atom is 0.416 e. The van der Waals surface area contributed by atoms with Gasteiger partial charge in [0.25, 0.3) is 5.91 Å². The summed E-state index contributed by atoms with van der Waals surface area (Å²) < 4.78 is 49.7. The molecule has 0 radical (unpaired) electrons. The molecule has 27 heavy (non-hydrogen) atoms. The molecule has 1 aliphatic heterocycles. The van der Waals surface area contributed by atoms with Gasteiger partial charge in [-0.15, -0.1) is 0 Å². The third kappa shape index (κ3) is 4.51. The van der Waals surface area contributed by atoms with Crippen LogP contribution in [-0.4, -0.2) is 39.3 Å². The number of carbonyl (C=O) groups excluding carboxylic acids is 1. The topological polar surface area (TPSA) is 50.8 Å². The number of carbonyl (C=O) groups is 1. The highest BCUT2D eigenvalue weighted by atomic mass is 19.4. The van der Waals surface area contributed by atoms with Gasteiger partial charge in [0.1, 0.15) is 5.75 Å². The quantitative estimate of drug-likeness (QED) is 0.877. The van der Waals surface area contributed by atoms with Gasteiger partial charge in [-0.25, -0.2) is 0 Å². The first kappa shape index (κ1) is 19.0. The summed E-state index contributed by atoms with van der Waals surface area (Å²) in [5.41, 5.74) is 0.159. The predicted octanol–water partition coefficient (Wildman–Crippen LogP) is 3.80. The summed E-state index contributed by atoms with van der Waals surface area (Å²) in [4.78, 5) is 14.4. The molecule has 1 N–H and O–H groups in total. The highest BCUT2D eigenvalue weighted by Gasteiger charge is 2.32. The van der Waals surface area contributed by atoms with Crippen LogP contribution in [0.5, 0.6) is 5.75 Å². The van der Waals surface area contributed by atoms with Crippen molar-refractivity contribution < 1.29 is 27.4 Å². The first-order chi connectivity index (χ1) is 12.9. The van der Waals surface area contributed by atoms with Crippen molar-refractivity contribution in [3.8, 4) is 5.75 Å². The zero-order chi connectivity index (χ0) is 19.4. The number of morpholine rings is 1. The lowest BCUT2D eigenvalue weighted by Crippen LogP contribution is -2.36. The number of amides is 1. The Morgan fingerprint density at radius 2 is 1.78 bits per heavy atom. The molecule has 3 rings (SSSR count). The molecule has 1 heterocycles. The molecule has 2 aromatic rings. The van der Waals surface area contributed by atoms with Crippen LogP contribution in [-0.2, 0) is 10.9 Å². The maximum atomic E-state index is 13.1. The van der Waals surface area contributed by atoms with Crippen LogP contribution < -0.4 is 15.0 Å². The molecule has 0 saturated carbocycles. The Labute approximate surface area is 154 Å². The Hall–Kier alpha value is -2.74. The molecular weight excluding hydrogens is 361 g/mol. The molecular formula is C19H19F3N2O3. The lowest BCUT2D eigenvalue weighted by molar-refractivity contribution is -0.137. The van der Waals surface area contributed by atoms with E-state index in [-0.39, 0.29) is 5.69 Å². The zero-order valence-corrected chi connectivity index (χ0v) is 14.7. The molecule has 0 atom stereocenters. The van der Waals surface area contributed by atoms with E-state index in [1.54, 1.807) is 24.3 Å². The van der Waals surface area contributed by atoms with Gasteiger partial charge in [-0.2, -0.15) is 13.2 Å². The minimum Gasteiger partial charge on any atom is -0.497 e. The number of nitrogens with one attached hydrogen (secondary N) is 1. The molecule has 5 nitrogen and oxygen atoms in total. The van der Waals surface area contributed by atoms with Gasteiger partial charge in [0, 0.05) is 18.7 Å². The van der Waals surface area contributed by atoms with Gasteiger partial charge < -0.3 is 19.7 Å². The van der Waals surface area contributed by atoms with Gasteiger partial charge in [0.15, 0.2) is 0 Å². The molecule has 0 aliphatic carbocycles. The monoisotopic (exact) mass is 380 g/mol. The second kappa shape index (κ2) is 7.87. The van der Waals surface area contributed by atoms with Crippen molar-refractivity contribution >= 4 is 17.3 Å². The number of nitrogens with zero attached hydrogens (tertiary/aromatic N) is 1. The summed E-state index contributed by atoms with van der Waals surface area (Å²) in [7, 11) is 1.51. The molecule has 0 unspecified atom stereocenters. The smallest absolute Gasteiger partial charge is 0.416 e. The summed E-state index contributed by atoms with van der Waals surface area (Å²) in [5, 5.41) is 2.61. The summed E-state index contributed by atoms with van der Waals surface area (Å²) in [5.74, 6) is 0.0890. The number of benzene rings is 2. The Balaban J connectivity index is 1.91. The van der Waals surface area contributed by atoms with Crippen LogP contribution in [0.15, 0.2) is 42.5 Å². The fourth-order valence-corrected chi connectivity index (χ4v) is 2.83. The predicted molar refractivity (Wildman–Crippen MR) is 95.4 cm³/mol. The highest BCUT2D eigenvalue weighted by molar-refractivity contribution is 6.06. The largest absolute Gasteiger partial charge is 0.497 e. The number of hydrogen-bond donors (Lipinski definition) is 1. The normalized spacial score (nSPS) is 14.7. The molecule has 0 spiro atoms. The fraction of sp³-hybridized carbons (Fsp3) is 0.316. The van der Waals surface area contributed by atoms with Crippen LogP contribution in [0.25, 0.3) is 0 Å². The molecule has 0 aromatic heterocycles. The standard InChI is InChI=1S/C19H19F3N2O3/c1-26-15-5-2-13(3-6-15)18(25)23-16-12-14(19(20,21)22)4-7-17(16)24-8-10-27-11-9-24/h2-7,12H,8-11H2,1H3,(H,23,25). The number of methoxy groups -OCH3 is 1. The number of rotatable bonds is 4. The Morgan fingerprint density at radius 3 is 2.37 bits per heavy atom. The Morgan fingerprint density at radius 1 is 1.11 bits per heavy atom. The summed E-state index contributed by atoms with van der Waals surface area (Å²) in [6, 6.07) is 9.71. The second-order valence-electron chi connectivity index (χ2n) is 6.01. The van der Waals surface area contributed by atoms with E-state index in [2.05, 4.69) is 5.32 Å². The Bertz CT molecular complexity index is 801. The summed E-state index contributed by atoms with van der Waals surface area (Å²) in [6.07, 6.45) is -4.50. The molecule has 8 heteroatoms. The maximum absolute atomic E-state index is 13.1. The van der Waals surface area contributed by atoms with Gasteiger partial charge >= 0.3 is 6.18 Å². The zero-order valence-electron chi connectivity index (χ0n) is 14.7. The molecule has 2 aromatic carbocycles. The summed E-state index contributed by atoms with van der Waals surface area (Å²) >= 11 is 0. The lowest BCUT2D eigenvalue weighted by Gasteiger charge is -2.31. The van der Waals surface area contributed by atoms with E-state index in [0.717, 1.165) is 12.1 Å². The van der Waals surface area contributed by atoms with E-state index in [9.17, 15) is 18.0 Å². The first-order valence-corrected chi connectivity index (χ1v) is 8.38. The third-order valence-corrected chi connectivity index (χ3v) is 4.28. The number of halogens is 3. The fourth-order valence-electron chi connectivity index (χ4n) is 2.83. The number of alkyl halides is 3. The second-order valence-corrected chi connectivity index (χ2v) is 6.01. The van der Waals surface area contributed by atoms with Crippen molar-refractivity contribution in [2.75, 3.05) is 43.6 Å². The molecule has 0 bridgehead atoms. The van der Waals surface area contributed by atoms with Crippen LogP contribution in [0.3, 0.4) is 0 Å². The first-order valence-electron chi connectivity index (χ1n) is 8.38. The van der Waals surface area contributed by atoms with Crippen molar-refractivity contribution in [2.24, 2.45) is 0 Å². The van der Waals surface area contributed by atoms with Crippen molar-refractivity contribution in [3.63, 3.8) is 0 Å². The van der Waals surface area contributed by atoms with Crippen LogP contribution >= 0.6 is 0 Å². The lowest BCUT2D eigenvalue weighted by atomic mass is 10.1. The summed E-state index contributed by atoms with van der Waals surface area (Å²) in [6.45, 7) is 2.04. The third-order valence-electron chi connectivity index (χ3n) is 4.28. The van der Waals surface area contributed by atoms with E-state index in [4.69, 9.17) is 9.47 Å². The molecule has 144 valence electrons. The molecule has 1 saturated heterocycles. The van der Waals surface area contributed by atoms with Gasteiger partial charge in [-0.1, -0.05) is 0 Å². The minimum absolute atomic E-state index is 0.118. The van der Waals surface area contributed by atoms with Crippen molar-refractivity contribution in [3.05, 3.63) is 53.6 Å². The average Bonchev–Trinajstić information content (AvgIpc) is 2.68. The van der Waals surface area contributed by atoms with E-state index < -0.39 is 17.6 Å². The minimum atomic E-state index is -4.50. The van der Waals surface area contributed by atoms with E-state index in [1.165, 1.54) is 13.2 Å². The van der Waals surface area contributed by atoms with Crippen molar-refractivity contribution in [1.29, 1.82) is 0 Å². The van der Waals surface area contributed by atoms with Crippen molar-refractivity contribution in [1.82, 2.24) is 0 Å². The van der Waals surface area contributed by atoms with Crippen LogP contribution in [0, 0.1) is 0 Å². The van der Waals surface area contributed by atoms with Gasteiger partial charge in [0.2, 0.25) is 0 Å². The average molecular weight is 380 g/mol. The molecule has 1 amide bonds. The van der Waals surface area contributed by atoms with E-state index in [0.29, 0.717) is 43.3 Å². The molecule has 1 fully saturated rings. The Kier molecular flexibility index (Phi) is 5.55. The van der Waals surface area contributed by atoms with Crippen LogP contribution in [0.4, 0.5) is 24.5 Å². The number of hydrogen-bond acceptors (Lipinski definition) is 4. The number of anilines is 2. The molecule has 1 aliphatic rings. The van der Waals surface area contributed by atoms with Gasteiger partial charge in [0.05, 0.1) is 37.3 Å². The van der Waals surface area contributed by atoms with Crippen LogP contribution in [0.1, 0.15) is 15.9 Å². The SMILES string of the molecule is COc1ccc(C(=O)Nc2cc(C(F)(F)F)ccc2N2CCOCC2)cc1. The van der Waals surface area contributed by atoms with Gasteiger partial charge in [-0.05, 0) is 42.5 Å². The highest BCUT2D eigenvalue weighted by Crippen LogP contribution is 2.36. The van der Waals surface area contributed by atoms with Crippen LogP contribution in [0.2, 0.25) is 0 Å².